The SMILES string of the molecule is C/C=C/[C@H](CC(C)C)N1C(=O)c2ccccc2C1=O. The van der Waals surface area contributed by atoms with Gasteiger partial charge in [0.05, 0.1) is 17.2 Å². The number of hydrogen-bond acceptors (Lipinski definition) is 2. The van der Waals surface area contributed by atoms with Crippen molar-refractivity contribution in [3.8, 4) is 0 Å². The summed E-state index contributed by atoms with van der Waals surface area (Å²) in [7, 11) is 0. The van der Waals surface area contributed by atoms with Gasteiger partial charge in [-0.25, -0.2) is 0 Å². The van der Waals surface area contributed by atoms with Gasteiger partial charge in [0.2, 0.25) is 0 Å². The van der Waals surface area contributed by atoms with Crippen molar-refractivity contribution in [2.24, 2.45) is 5.92 Å². The molecule has 1 heterocycles. The van der Waals surface area contributed by atoms with Crippen LogP contribution in [-0.4, -0.2) is 22.8 Å². The van der Waals surface area contributed by atoms with E-state index in [4.69, 9.17) is 0 Å². The monoisotopic (exact) mass is 257 g/mol. The molecule has 0 aromatic heterocycles. The Morgan fingerprint density at radius 2 is 1.63 bits per heavy atom. The van der Waals surface area contributed by atoms with Crippen LogP contribution in [0.25, 0.3) is 0 Å². The topological polar surface area (TPSA) is 37.4 Å². The summed E-state index contributed by atoms with van der Waals surface area (Å²) in [6, 6.07) is 6.87. The largest absolute Gasteiger partial charge is 0.269 e. The average Bonchev–Trinajstić information content (AvgIpc) is 2.62. The summed E-state index contributed by atoms with van der Waals surface area (Å²) in [5.74, 6) is 0.0687. The molecule has 0 radical (unpaired) electrons. The molecule has 0 saturated heterocycles. The maximum Gasteiger partial charge on any atom is 0.262 e. The van der Waals surface area contributed by atoms with E-state index >= 15 is 0 Å². The number of carbonyl (C=O) groups excluding carboxylic acids is 2. The molecule has 1 aromatic carbocycles. The molecule has 1 aliphatic rings. The molecule has 3 heteroatoms. The van der Waals surface area contributed by atoms with Crippen molar-refractivity contribution < 1.29 is 9.59 Å². The Kier molecular flexibility index (Phi) is 3.84. The van der Waals surface area contributed by atoms with Crippen molar-refractivity contribution in [3.63, 3.8) is 0 Å². The molecule has 3 nitrogen and oxygen atoms in total. The Balaban J connectivity index is 2.36. The number of rotatable bonds is 4. The number of carbonyl (C=O) groups is 2. The molecule has 0 spiro atoms. The van der Waals surface area contributed by atoms with Gasteiger partial charge in [0.1, 0.15) is 0 Å². The molecule has 0 N–H and O–H groups in total. The van der Waals surface area contributed by atoms with Crippen molar-refractivity contribution in [1.29, 1.82) is 0 Å². The van der Waals surface area contributed by atoms with Crippen LogP contribution in [0.4, 0.5) is 0 Å². The van der Waals surface area contributed by atoms with Crippen LogP contribution in [0.5, 0.6) is 0 Å². The predicted molar refractivity (Wildman–Crippen MR) is 75.0 cm³/mol. The quantitative estimate of drug-likeness (QED) is 0.613. The predicted octanol–water partition coefficient (Wildman–Crippen LogP) is 3.27. The zero-order valence-electron chi connectivity index (χ0n) is 11.6. The molecular formula is C16H19NO2. The lowest BCUT2D eigenvalue weighted by Crippen LogP contribution is -2.39. The first-order chi connectivity index (χ1) is 9.06. The summed E-state index contributed by atoms with van der Waals surface area (Å²) in [6.07, 6.45) is 4.62. The highest BCUT2D eigenvalue weighted by Crippen LogP contribution is 2.27. The molecule has 100 valence electrons. The fourth-order valence-corrected chi connectivity index (χ4v) is 2.48. The first-order valence-corrected chi connectivity index (χ1v) is 6.66. The first kappa shape index (κ1) is 13.5. The summed E-state index contributed by atoms with van der Waals surface area (Å²) in [5, 5.41) is 0. The van der Waals surface area contributed by atoms with Gasteiger partial charge in [-0.1, -0.05) is 38.1 Å². The van der Waals surface area contributed by atoms with Gasteiger partial charge < -0.3 is 0 Å². The number of imide groups is 1. The summed E-state index contributed by atoms with van der Waals surface area (Å²) < 4.78 is 0. The van der Waals surface area contributed by atoms with E-state index in [-0.39, 0.29) is 17.9 Å². The molecule has 0 aliphatic carbocycles. The van der Waals surface area contributed by atoms with Gasteiger partial charge >= 0.3 is 0 Å². The van der Waals surface area contributed by atoms with E-state index in [1.807, 2.05) is 19.1 Å². The number of amides is 2. The number of fused-ring (bicyclic) bond motifs is 1. The molecule has 0 unspecified atom stereocenters. The molecule has 2 amide bonds. The third kappa shape index (κ3) is 2.46. The fourth-order valence-electron chi connectivity index (χ4n) is 2.48. The van der Waals surface area contributed by atoms with Crippen molar-refractivity contribution >= 4 is 11.8 Å². The van der Waals surface area contributed by atoms with Gasteiger partial charge in [-0.05, 0) is 31.4 Å². The lowest BCUT2D eigenvalue weighted by atomic mass is 10.0. The van der Waals surface area contributed by atoms with E-state index in [1.54, 1.807) is 24.3 Å². The highest BCUT2D eigenvalue weighted by atomic mass is 16.2. The van der Waals surface area contributed by atoms with E-state index in [9.17, 15) is 9.59 Å². The smallest absolute Gasteiger partial charge is 0.262 e. The lowest BCUT2D eigenvalue weighted by molar-refractivity contribution is 0.0601. The minimum Gasteiger partial charge on any atom is -0.269 e. The third-order valence-corrected chi connectivity index (χ3v) is 3.28. The number of allylic oxidation sites excluding steroid dienone is 1. The van der Waals surface area contributed by atoms with Crippen LogP contribution in [0.1, 0.15) is 47.9 Å². The van der Waals surface area contributed by atoms with Gasteiger partial charge in [0.25, 0.3) is 11.8 Å². The number of hydrogen-bond donors (Lipinski definition) is 0. The Morgan fingerprint density at radius 3 is 2.05 bits per heavy atom. The Hall–Kier alpha value is -1.90. The van der Waals surface area contributed by atoms with Crippen LogP contribution in [-0.2, 0) is 0 Å². The van der Waals surface area contributed by atoms with Gasteiger partial charge in [-0.15, -0.1) is 0 Å². The molecular weight excluding hydrogens is 238 g/mol. The Labute approximate surface area is 113 Å². The number of benzene rings is 1. The molecule has 19 heavy (non-hydrogen) atoms. The molecule has 0 bridgehead atoms. The first-order valence-electron chi connectivity index (χ1n) is 6.66. The third-order valence-electron chi connectivity index (χ3n) is 3.28. The zero-order chi connectivity index (χ0) is 14.0. The standard InChI is InChI=1S/C16H19NO2/c1-4-7-12(10-11(2)3)17-15(18)13-8-5-6-9-14(13)16(17)19/h4-9,11-12H,10H2,1-3H3/b7-4+/t12-/m1/s1. The second-order valence-corrected chi connectivity index (χ2v) is 5.25. The summed E-state index contributed by atoms with van der Waals surface area (Å²) >= 11 is 0. The van der Waals surface area contributed by atoms with Gasteiger partial charge in [-0.3, -0.25) is 14.5 Å². The van der Waals surface area contributed by atoms with Crippen LogP contribution >= 0.6 is 0 Å². The highest BCUT2D eigenvalue weighted by molar-refractivity contribution is 6.21. The minimum atomic E-state index is -0.177. The highest BCUT2D eigenvalue weighted by Gasteiger charge is 2.38. The summed E-state index contributed by atoms with van der Waals surface area (Å²) in [5.41, 5.74) is 1.04. The van der Waals surface area contributed by atoms with Gasteiger partial charge in [-0.2, -0.15) is 0 Å². The average molecular weight is 257 g/mol. The maximum atomic E-state index is 12.4. The Bertz CT molecular complexity index is 496. The van der Waals surface area contributed by atoms with Gasteiger partial charge in [0.15, 0.2) is 0 Å². The van der Waals surface area contributed by atoms with Crippen molar-refractivity contribution in [3.05, 3.63) is 47.5 Å². The van der Waals surface area contributed by atoms with Crippen molar-refractivity contribution in [1.82, 2.24) is 4.90 Å². The maximum absolute atomic E-state index is 12.4. The molecule has 0 saturated carbocycles. The second kappa shape index (κ2) is 5.39. The summed E-state index contributed by atoms with van der Waals surface area (Å²) in [4.78, 5) is 26.1. The second-order valence-electron chi connectivity index (χ2n) is 5.25. The van der Waals surface area contributed by atoms with Crippen LogP contribution in [0.3, 0.4) is 0 Å². The van der Waals surface area contributed by atoms with Crippen LogP contribution in [0.15, 0.2) is 36.4 Å². The number of nitrogens with zero attached hydrogens (tertiary/aromatic N) is 1. The van der Waals surface area contributed by atoms with Crippen molar-refractivity contribution in [2.45, 2.75) is 33.2 Å². The Morgan fingerprint density at radius 1 is 1.11 bits per heavy atom. The molecule has 2 rings (SSSR count). The van der Waals surface area contributed by atoms with E-state index in [2.05, 4.69) is 13.8 Å². The zero-order valence-corrected chi connectivity index (χ0v) is 11.6. The molecule has 1 aromatic rings. The van der Waals surface area contributed by atoms with Crippen molar-refractivity contribution in [2.75, 3.05) is 0 Å². The summed E-state index contributed by atoms with van der Waals surface area (Å²) in [6.45, 7) is 6.09. The molecule has 0 fully saturated rings. The lowest BCUT2D eigenvalue weighted by Gasteiger charge is -2.25. The van der Waals surface area contributed by atoms with E-state index in [0.717, 1.165) is 6.42 Å². The van der Waals surface area contributed by atoms with Crippen LogP contribution < -0.4 is 0 Å². The van der Waals surface area contributed by atoms with E-state index in [1.165, 1.54) is 4.90 Å². The molecule has 1 aliphatic heterocycles. The van der Waals surface area contributed by atoms with Crippen LogP contribution in [0, 0.1) is 5.92 Å². The fraction of sp³-hybridized carbons (Fsp3) is 0.375. The minimum absolute atomic E-state index is 0.155. The normalized spacial score (nSPS) is 16.5. The van der Waals surface area contributed by atoms with Crippen LogP contribution in [0.2, 0.25) is 0 Å². The molecule has 1 atom stereocenters. The van der Waals surface area contributed by atoms with E-state index < -0.39 is 0 Å². The van der Waals surface area contributed by atoms with Gasteiger partial charge in [0, 0.05) is 0 Å². The van der Waals surface area contributed by atoms with E-state index in [0.29, 0.717) is 17.0 Å².